The number of hydrogen-bond donors (Lipinski definition) is 2. The van der Waals surface area contributed by atoms with E-state index in [9.17, 15) is 18.0 Å². The zero-order valence-corrected chi connectivity index (χ0v) is 19.9. The summed E-state index contributed by atoms with van der Waals surface area (Å²) in [6.45, 7) is 3.13. The molecule has 10 heteroatoms. The first kappa shape index (κ1) is 24.0. The number of rotatable bonds is 7. The highest BCUT2D eigenvalue weighted by atomic mass is 32.2. The van der Waals surface area contributed by atoms with Crippen molar-refractivity contribution in [3.63, 3.8) is 0 Å². The zero-order valence-electron chi connectivity index (χ0n) is 19.1. The van der Waals surface area contributed by atoms with Crippen molar-refractivity contribution in [3.8, 4) is 11.5 Å². The Bertz CT molecular complexity index is 1140. The summed E-state index contributed by atoms with van der Waals surface area (Å²) in [6.07, 6.45) is 2.04. The Morgan fingerprint density at radius 3 is 2.35 bits per heavy atom. The van der Waals surface area contributed by atoms with Gasteiger partial charge in [-0.2, -0.15) is 4.31 Å². The van der Waals surface area contributed by atoms with Gasteiger partial charge in [0.2, 0.25) is 21.8 Å². The van der Waals surface area contributed by atoms with Gasteiger partial charge < -0.3 is 20.1 Å². The van der Waals surface area contributed by atoms with Crippen molar-refractivity contribution < 1.29 is 27.5 Å². The molecule has 0 radical (unpaired) electrons. The van der Waals surface area contributed by atoms with E-state index in [1.165, 1.54) is 23.4 Å². The highest BCUT2D eigenvalue weighted by Gasteiger charge is 2.30. The highest BCUT2D eigenvalue weighted by Crippen LogP contribution is 2.31. The molecule has 2 N–H and O–H groups in total. The maximum atomic E-state index is 12.9. The van der Waals surface area contributed by atoms with Gasteiger partial charge in [0.25, 0.3) is 0 Å². The van der Waals surface area contributed by atoms with Crippen LogP contribution in [0.5, 0.6) is 11.5 Å². The van der Waals surface area contributed by atoms with Gasteiger partial charge in [0.05, 0.1) is 4.90 Å². The molecule has 2 aromatic rings. The number of sulfonamides is 1. The molecule has 0 atom stereocenters. The minimum Gasteiger partial charge on any atom is -0.486 e. The molecule has 0 aromatic heterocycles. The Balaban J connectivity index is 1.24. The van der Waals surface area contributed by atoms with Gasteiger partial charge >= 0.3 is 0 Å². The van der Waals surface area contributed by atoms with E-state index in [0.717, 1.165) is 11.3 Å². The lowest BCUT2D eigenvalue weighted by atomic mass is 10.1. The maximum absolute atomic E-state index is 12.9. The van der Waals surface area contributed by atoms with Crippen LogP contribution in [0.15, 0.2) is 47.4 Å². The number of carbonyl (C=O) groups is 2. The molecule has 0 saturated carbocycles. The van der Waals surface area contributed by atoms with Crippen molar-refractivity contribution in [1.82, 2.24) is 9.62 Å². The first-order valence-electron chi connectivity index (χ1n) is 11.4. The van der Waals surface area contributed by atoms with Crippen LogP contribution in [0.3, 0.4) is 0 Å². The number of hydrogen-bond acceptors (Lipinski definition) is 6. The lowest BCUT2D eigenvalue weighted by Gasteiger charge is -2.31. The predicted octanol–water partition coefficient (Wildman–Crippen LogP) is 2.32. The summed E-state index contributed by atoms with van der Waals surface area (Å²) in [6, 6.07) is 11.8. The van der Waals surface area contributed by atoms with Crippen LogP contribution in [0, 0.1) is 0 Å². The van der Waals surface area contributed by atoms with E-state index < -0.39 is 10.0 Å². The largest absolute Gasteiger partial charge is 0.486 e. The van der Waals surface area contributed by atoms with E-state index in [-0.39, 0.29) is 22.8 Å². The molecule has 2 amide bonds. The van der Waals surface area contributed by atoms with Crippen molar-refractivity contribution in [2.45, 2.75) is 43.5 Å². The van der Waals surface area contributed by atoms with E-state index >= 15 is 0 Å². The van der Waals surface area contributed by atoms with Crippen molar-refractivity contribution in [2.24, 2.45) is 0 Å². The summed E-state index contributed by atoms with van der Waals surface area (Å²) >= 11 is 0. The third kappa shape index (κ3) is 5.87. The molecule has 1 fully saturated rings. The monoisotopic (exact) mass is 487 g/mol. The second-order valence-corrected chi connectivity index (χ2v) is 10.4. The van der Waals surface area contributed by atoms with Crippen LogP contribution < -0.4 is 20.1 Å². The molecular weight excluding hydrogens is 458 g/mol. The van der Waals surface area contributed by atoms with Gasteiger partial charge in [-0.15, -0.1) is 0 Å². The van der Waals surface area contributed by atoms with Crippen LogP contribution >= 0.6 is 0 Å². The molecule has 1 saturated heterocycles. The number of nitrogens with one attached hydrogen (secondary N) is 2. The number of aryl methyl sites for hydroxylation is 1. The van der Waals surface area contributed by atoms with Crippen molar-refractivity contribution in [2.75, 3.05) is 31.6 Å². The first-order chi connectivity index (χ1) is 16.3. The van der Waals surface area contributed by atoms with Crippen LogP contribution in [-0.4, -0.2) is 56.9 Å². The highest BCUT2D eigenvalue weighted by molar-refractivity contribution is 7.89. The quantitative estimate of drug-likeness (QED) is 0.620. The first-order valence-corrected chi connectivity index (χ1v) is 12.8. The minimum absolute atomic E-state index is 0.0512. The fraction of sp³-hybridized carbons (Fsp3) is 0.417. The normalized spacial score (nSPS) is 16.6. The molecular formula is C24H29N3O6S. The van der Waals surface area contributed by atoms with Gasteiger partial charge in [-0.1, -0.05) is 6.07 Å². The molecule has 0 aliphatic carbocycles. The summed E-state index contributed by atoms with van der Waals surface area (Å²) in [4.78, 5) is 23.8. The van der Waals surface area contributed by atoms with Crippen LogP contribution in [0.2, 0.25) is 0 Å². The average Bonchev–Trinajstić information content (AvgIpc) is 2.83. The molecule has 0 unspecified atom stereocenters. The molecule has 2 aliphatic heterocycles. The molecule has 0 spiro atoms. The van der Waals surface area contributed by atoms with Gasteiger partial charge in [-0.05, 0) is 61.2 Å². The number of piperidine rings is 1. The van der Waals surface area contributed by atoms with Gasteiger partial charge in [0, 0.05) is 38.2 Å². The maximum Gasteiger partial charge on any atom is 0.243 e. The molecule has 2 aliphatic rings. The predicted molar refractivity (Wildman–Crippen MR) is 126 cm³/mol. The van der Waals surface area contributed by atoms with Crippen LogP contribution in [0.25, 0.3) is 0 Å². The summed E-state index contributed by atoms with van der Waals surface area (Å²) in [5.41, 5.74) is 1.55. The fourth-order valence-electron chi connectivity index (χ4n) is 4.10. The summed E-state index contributed by atoms with van der Waals surface area (Å²) in [5, 5.41) is 5.65. The lowest BCUT2D eigenvalue weighted by Crippen LogP contribution is -2.46. The number of carbonyl (C=O) groups excluding carboxylic acids is 2. The van der Waals surface area contributed by atoms with Crippen LogP contribution in [0.4, 0.5) is 5.69 Å². The summed E-state index contributed by atoms with van der Waals surface area (Å²) < 4.78 is 38.4. The molecule has 182 valence electrons. The van der Waals surface area contributed by atoms with Gasteiger partial charge in [0.1, 0.15) is 13.2 Å². The topological polar surface area (TPSA) is 114 Å². The molecule has 9 nitrogen and oxygen atoms in total. The third-order valence-corrected chi connectivity index (χ3v) is 7.79. The van der Waals surface area contributed by atoms with Crippen LogP contribution in [0.1, 0.15) is 31.7 Å². The average molecular weight is 488 g/mol. The SMILES string of the molecule is CC(=O)Nc1ccc(S(=O)(=O)N2CCC(NC(=O)CCc3ccc4c(c3)OCCO4)CC2)cc1. The molecule has 0 bridgehead atoms. The Morgan fingerprint density at radius 2 is 1.68 bits per heavy atom. The fourth-order valence-corrected chi connectivity index (χ4v) is 5.57. The second-order valence-electron chi connectivity index (χ2n) is 8.43. The Morgan fingerprint density at radius 1 is 1.00 bits per heavy atom. The smallest absolute Gasteiger partial charge is 0.243 e. The van der Waals surface area contributed by atoms with Crippen molar-refractivity contribution in [1.29, 1.82) is 0 Å². The van der Waals surface area contributed by atoms with Crippen molar-refractivity contribution in [3.05, 3.63) is 48.0 Å². The van der Waals surface area contributed by atoms with E-state index in [4.69, 9.17) is 9.47 Å². The number of nitrogens with zero attached hydrogens (tertiary/aromatic N) is 1. The number of fused-ring (bicyclic) bond motifs is 1. The molecule has 4 rings (SSSR count). The number of benzene rings is 2. The minimum atomic E-state index is -3.63. The Labute approximate surface area is 199 Å². The van der Waals surface area contributed by atoms with E-state index in [1.54, 1.807) is 12.1 Å². The lowest BCUT2D eigenvalue weighted by molar-refractivity contribution is -0.122. The summed E-state index contributed by atoms with van der Waals surface area (Å²) in [5.74, 6) is 1.17. The molecule has 2 aromatic carbocycles. The molecule has 2 heterocycles. The van der Waals surface area contributed by atoms with Gasteiger partial charge in [0.15, 0.2) is 11.5 Å². The Kier molecular flexibility index (Phi) is 7.38. The van der Waals surface area contributed by atoms with E-state index in [2.05, 4.69) is 10.6 Å². The van der Waals surface area contributed by atoms with E-state index in [1.807, 2.05) is 18.2 Å². The Hall–Kier alpha value is -3.11. The van der Waals surface area contributed by atoms with Gasteiger partial charge in [-0.3, -0.25) is 9.59 Å². The van der Waals surface area contributed by atoms with Crippen molar-refractivity contribution >= 4 is 27.5 Å². The van der Waals surface area contributed by atoms with Crippen LogP contribution in [-0.2, 0) is 26.0 Å². The summed E-state index contributed by atoms with van der Waals surface area (Å²) in [7, 11) is -3.63. The van der Waals surface area contributed by atoms with Gasteiger partial charge in [-0.25, -0.2) is 8.42 Å². The number of amides is 2. The molecule has 34 heavy (non-hydrogen) atoms. The zero-order chi connectivity index (χ0) is 24.1. The number of anilines is 1. The van der Waals surface area contributed by atoms with E-state index in [0.29, 0.717) is 63.4 Å². The standard InChI is InChI=1S/C24H29N3O6S/c1-17(28)25-19-4-6-21(7-5-19)34(30,31)27-12-10-20(11-13-27)26-24(29)9-3-18-2-8-22-23(16-18)33-15-14-32-22/h2,4-8,16,20H,3,9-15H2,1H3,(H,25,28)(H,26,29). The third-order valence-electron chi connectivity index (χ3n) is 5.88. The second kappa shape index (κ2) is 10.4. The number of ether oxygens (including phenoxy) is 2.